The van der Waals surface area contributed by atoms with Gasteiger partial charge >= 0.3 is 12.1 Å². The lowest BCUT2D eigenvalue weighted by atomic mass is 9.90. The molecule has 1 saturated heterocycles. The SMILES string of the molecule is O=C(ON1CCC(c2cccc(F)c2)CC1)C(F)(F)F. The summed E-state index contributed by atoms with van der Waals surface area (Å²) < 4.78 is 49.2. The maximum Gasteiger partial charge on any atom is 0.492 e. The second-order valence-electron chi connectivity index (χ2n) is 4.63. The number of alkyl halides is 3. The van der Waals surface area contributed by atoms with Crippen LogP contribution in [-0.4, -0.2) is 30.3 Å². The molecule has 1 fully saturated rings. The van der Waals surface area contributed by atoms with Crippen molar-refractivity contribution in [3.63, 3.8) is 0 Å². The van der Waals surface area contributed by atoms with Gasteiger partial charge in [0.05, 0.1) is 0 Å². The molecule has 1 aromatic carbocycles. The van der Waals surface area contributed by atoms with Crippen LogP contribution in [0.15, 0.2) is 24.3 Å². The van der Waals surface area contributed by atoms with Crippen LogP contribution in [-0.2, 0) is 9.63 Å². The summed E-state index contributed by atoms with van der Waals surface area (Å²) in [5, 5.41) is 1.01. The summed E-state index contributed by atoms with van der Waals surface area (Å²) in [5.41, 5.74) is 0.812. The quantitative estimate of drug-likeness (QED) is 0.784. The molecule has 0 atom stereocenters. The Hall–Kier alpha value is -1.63. The van der Waals surface area contributed by atoms with Crippen LogP contribution in [0.2, 0.25) is 0 Å². The fraction of sp³-hybridized carbons (Fsp3) is 0.462. The molecule has 1 aliphatic heterocycles. The second kappa shape index (κ2) is 5.78. The average molecular weight is 291 g/mol. The summed E-state index contributed by atoms with van der Waals surface area (Å²) in [6, 6.07) is 6.14. The van der Waals surface area contributed by atoms with E-state index in [-0.39, 0.29) is 24.8 Å². The molecule has 20 heavy (non-hydrogen) atoms. The van der Waals surface area contributed by atoms with Gasteiger partial charge in [-0.2, -0.15) is 13.2 Å². The summed E-state index contributed by atoms with van der Waals surface area (Å²) in [4.78, 5) is 14.9. The molecule has 3 nitrogen and oxygen atoms in total. The van der Waals surface area contributed by atoms with Crippen LogP contribution >= 0.6 is 0 Å². The van der Waals surface area contributed by atoms with Crippen LogP contribution < -0.4 is 0 Å². The summed E-state index contributed by atoms with van der Waals surface area (Å²) in [7, 11) is 0. The summed E-state index contributed by atoms with van der Waals surface area (Å²) >= 11 is 0. The Kier molecular flexibility index (Phi) is 4.27. The van der Waals surface area contributed by atoms with Crippen molar-refractivity contribution in [2.45, 2.75) is 24.9 Å². The Morgan fingerprint density at radius 3 is 2.45 bits per heavy atom. The van der Waals surface area contributed by atoms with Gasteiger partial charge in [-0.1, -0.05) is 12.1 Å². The van der Waals surface area contributed by atoms with Gasteiger partial charge in [-0.25, -0.2) is 9.18 Å². The number of hydrogen-bond donors (Lipinski definition) is 0. The molecule has 1 aromatic rings. The lowest BCUT2D eigenvalue weighted by Crippen LogP contribution is -2.39. The first kappa shape index (κ1) is 14.8. The third-order valence-electron chi connectivity index (χ3n) is 3.22. The van der Waals surface area contributed by atoms with Crippen molar-refractivity contribution in [2.75, 3.05) is 13.1 Å². The van der Waals surface area contributed by atoms with Crippen LogP contribution in [0.1, 0.15) is 24.3 Å². The van der Waals surface area contributed by atoms with E-state index in [1.54, 1.807) is 12.1 Å². The monoisotopic (exact) mass is 291 g/mol. The van der Waals surface area contributed by atoms with Crippen molar-refractivity contribution in [1.29, 1.82) is 0 Å². The Bertz CT molecular complexity index is 482. The Balaban J connectivity index is 1.88. The molecule has 0 amide bonds. The molecule has 0 radical (unpaired) electrons. The van der Waals surface area contributed by atoms with E-state index < -0.39 is 12.1 Å². The van der Waals surface area contributed by atoms with Crippen molar-refractivity contribution >= 4 is 5.97 Å². The molecule has 110 valence electrons. The maximum absolute atomic E-state index is 13.1. The fourth-order valence-electron chi connectivity index (χ4n) is 2.21. The topological polar surface area (TPSA) is 29.5 Å². The first-order chi connectivity index (χ1) is 9.36. The van der Waals surface area contributed by atoms with E-state index in [1.807, 2.05) is 0 Å². The van der Waals surface area contributed by atoms with Crippen molar-refractivity contribution in [1.82, 2.24) is 5.06 Å². The number of halogens is 4. The number of carbonyl (C=O) groups is 1. The molecule has 0 bridgehead atoms. The lowest BCUT2D eigenvalue weighted by molar-refractivity contribution is -0.241. The van der Waals surface area contributed by atoms with E-state index in [1.165, 1.54) is 12.1 Å². The average Bonchev–Trinajstić information content (AvgIpc) is 2.38. The van der Waals surface area contributed by atoms with Gasteiger partial charge in [0.25, 0.3) is 0 Å². The zero-order valence-corrected chi connectivity index (χ0v) is 10.5. The van der Waals surface area contributed by atoms with Gasteiger partial charge in [0, 0.05) is 13.1 Å². The normalized spacial score (nSPS) is 18.0. The zero-order chi connectivity index (χ0) is 14.8. The smallest absolute Gasteiger partial charge is 0.361 e. The molecule has 2 rings (SSSR count). The summed E-state index contributed by atoms with van der Waals surface area (Å²) in [6.45, 7) is 0.395. The van der Waals surface area contributed by atoms with Gasteiger partial charge in [0.1, 0.15) is 5.82 Å². The van der Waals surface area contributed by atoms with Crippen LogP contribution in [0.3, 0.4) is 0 Å². The highest BCUT2D eigenvalue weighted by atomic mass is 19.4. The molecule has 1 heterocycles. The molecule has 0 aliphatic carbocycles. The van der Waals surface area contributed by atoms with Crippen molar-refractivity contribution in [2.24, 2.45) is 0 Å². The number of rotatable bonds is 2. The van der Waals surface area contributed by atoms with Crippen LogP contribution in [0.4, 0.5) is 17.6 Å². The largest absolute Gasteiger partial charge is 0.492 e. The number of nitrogens with zero attached hydrogens (tertiary/aromatic N) is 1. The molecule has 0 N–H and O–H groups in total. The summed E-state index contributed by atoms with van der Waals surface area (Å²) in [6.07, 6.45) is -3.97. The van der Waals surface area contributed by atoms with Crippen LogP contribution in [0.5, 0.6) is 0 Å². The van der Waals surface area contributed by atoms with Gasteiger partial charge in [0.2, 0.25) is 0 Å². The third-order valence-corrected chi connectivity index (χ3v) is 3.22. The minimum Gasteiger partial charge on any atom is -0.361 e. The molecule has 0 aromatic heterocycles. The van der Waals surface area contributed by atoms with Gasteiger partial charge in [0.15, 0.2) is 0 Å². The molecular formula is C13H13F4NO2. The maximum atomic E-state index is 13.1. The molecule has 0 unspecified atom stereocenters. The predicted molar refractivity (Wildman–Crippen MR) is 62.1 cm³/mol. The first-order valence-electron chi connectivity index (χ1n) is 6.16. The molecular weight excluding hydrogens is 278 g/mol. The standard InChI is InChI=1S/C13H13F4NO2/c14-11-3-1-2-10(8-11)9-4-6-18(7-5-9)20-12(19)13(15,16)17/h1-3,8-9H,4-7H2. The molecule has 7 heteroatoms. The molecule has 0 spiro atoms. The van der Waals surface area contributed by atoms with E-state index in [4.69, 9.17) is 0 Å². The van der Waals surface area contributed by atoms with Crippen LogP contribution in [0, 0.1) is 5.82 Å². The van der Waals surface area contributed by atoms with Gasteiger partial charge in [-0.3, -0.25) is 0 Å². The Morgan fingerprint density at radius 2 is 1.90 bits per heavy atom. The Labute approximate surface area is 113 Å². The molecule has 1 aliphatic rings. The number of benzene rings is 1. The zero-order valence-electron chi connectivity index (χ0n) is 10.5. The first-order valence-corrected chi connectivity index (χ1v) is 6.16. The minimum atomic E-state index is -4.99. The van der Waals surface area contributed by atoms with Crippen molar-refractivity contribution in [3.8, 4) is 0 Å². The number of hydrogen-bond acceptors (Lipinski definition) is 3. The number of piperidine rings is 1. The number of hydroxylamine groups is 2. The third kappa shape index (κ3) is 3.69. The fourth-order valence-corrected chi connectivity index (χ4v) is 2.21. The van der Waals surface area contributed by atoms with Crippen molar-refractivity contribution < 1.29 is 27.2 Å². The molecule has 0 saturated carbocycles. The van der Waals surface area contributed by atoms with Gasteiger partial charge in [-0.15, -0.1) is 5.06 Å². The van der Waals surface area contributed by atoms with Crippen LogP contribution in [0.25, 0.3) is 0 Å². The van der Waals surface area contributed by atoms with E-state index in [9.17, 15) is 22.4 Å². The highest BCUT2D eigenvalue weighted by Crippen LogP contribution is 2.29. The summed E-state index contributed by atoms with van der Waals surface area (Å²) in [5.74, 6) is -2.48. The minimum absolute atomic E-state index is 0.0616. The number of carbonyl (C=O) groups excluding carboxylic acids is 1. The second-order valence-corrected chi connectivity index (χ2v) is 4.63. The van der Waals surface area contributed by atoms with Crippen molar-refractivity contribution in [3.05, 3.63) is 35.6 Å². The van der Waals surface area contributed by atoms with E-state index in [2.05, 4.69) is 4.84 Å². The highest BCUT2D eigenvalue weighted by Gasteiger charge is 2.43. The predicted octanol–water partition coefficient (Wildman–Crippen LogP) is 3.03. The Morgan fingerprint density at radius 1 is 1.25 bits per heavy atom. The van der Waals surface area contributed by atoms with E-state index >= 15 is 0 Å². The van der Waals surface area contributed by atoms with E-state index in [0.29, 0.717) is 12.8 Å². The lowest BCUT2D eigenvalue weighted by Gasteiger charge is -2.30. The van der Waals surface area contributed by atoms with Gasteiger partial charge < -0.3 is 4.84 Å². The van der Waals surface area contributed by atoms with E-state index in [0.717, 1.165) is 10.6 Å². The van der Waals surface area contributed by atoms with Gasteiger partial charge in [-0.05, 0) is 36.5 Å². The highest BCUT2D eigenvalue weighted by molar-refractivity contribution is 5.75.